The van der Waals surface area contributed by atoms with Crippen molar-refractivity contribution in [3.05, 3.63) is 54.5 Å². The summed E-state index contributed by atoms with van der Waals surface area (Å²) in [5.41, 5.74) is 2.14. The summed E-state index contributed by atoms with van der Waals surface area (Å²) in [5.74, 6) is 1.70. The largest absolute Gasteiger partial charge is 0.493 e. The predicted octanol–water partition coefficient (Wildman–Crippen LogP) is 5.55. The number of aromatic nitrogens is 3. The first-order valence-electron chi connectivity index (χ1n) is 10.2. The molecule has 2 N–H and O–H groups in total. The number of hydrogen-bond acceptors (Lipinski definition) is 8. The number of hydrogen-bond donors (Lipinski definition) is 2. The smallest absolute Gasteiger partial charge is 0.326 e. The van der Waals surface area contributed by atoms with Gasteiger partial charge in [-0.05, 0) is 30.2 Å². The van der Waals surface area contributed by atoms with Crippen LogP contribution in [0.2, 0.25) is 0 Å². The van der Waals surface area contributed by atoms with Gasteiger partial charge in [0.05, 0.1) is 25.4 Å². The highest BCUT2D eigenvalue weighted by Crippen LogP contribution is 2.37. The van der Waals surface area contributed by atoms with E-state index in [-0.39, 0.29) is 5.92 Å². The molecule has 4 rings (SSSR count). The zero-order valence-electron chi connectivity index (χ0n) is 18.6. The van der Waals surface area contributed by atoms with Gasteiger partial charge in [-0.2, -0.15) is 0 Å². The van der Waals surface area contributed by atoms with Gasteiger partial charge in [0.15, 0.2) is 11.5 Å². The molecule has 0 saturated heterocycles. The molecule has 0 aliphatic heterocycles. The van der Waals surface area contributed by atoms with Gasteiger partial charge >= 0.3 is 6.03 Å². The molecule has 10 heteroatoms. The van der Waals surface area contributed by atoms with Crippen LogP contribution in [0.15, 0.2) is 63.2 Å². The van der Waals surface area contributed by atoms with Crippen molar-refractivity contribution in [1.82, 2.24) is 15.1 Å². The highest BCUT2D eigenvalue weighted by molar-refractivity contribution is 7.99. The second-order valence-corrected chi connectivity index (χ2v) is 8.45. The van der Waals surface area contributed by atoms with Crippen molar-refractivity contribution in [2.45, 2.75) is 29.7 Å². The molecule has 4 aromatic rings. The van der Waals surface area contributed by atoms with Crippen LogP contribution < -0.4 is 20.1 Å². The Morgan fingerprint density at radius 3 is 2.55 bits per heavy atom. The first-order chi connectivity index (χ1) is 16.0. The third kappa shape index (κ3) is 5.17. The minimum absolute atomic E-state index is 0.208. The lowest BCUT2D eigenvalue weighted by molar-refractivity contribution is 0.261. The molecule has 0 radical (unpaired) electrons. The number of nitrogens with one attached hydrogen (secondary N) is 2. The number of amides is 2. The van der Waals surface area contributed by atoms with Crippen molar-refractivity contribution in [2.75, 3.05) is 24.9 Å². The molecule has 0 unspecified atom stereocenters. The molecule has 0 aliphatic carbocycles. The van der Waals surface area contributed by atoms with Gasteiger partial charge < -0.3 is 19.3 Å². The summed E-state index contributed by atoms with van der Waals surface area (Å²) < 4.78 is 15.9. The van der Waals surface area contributed by atoms with Crippen molar-refractivity contribution in [2.24, 2.45) is 0 Å². The lowest BCUT2D eigenvalue weighted by atomic mass is 10.1. The number of carbonyl (C=O) groups excluding carboxylic acids is 1. The van der Waals surface area contributed by atoms with Crippen LogP contribution in [-0.4, -0.2) is 35.4 Å². The van der Waals surface area contributed by atoms with Crippen LogP contribution in [0.1, 0.15) is 25.5 Å². The maximum absolute atomic E-state index is 12.4. The first-order valence-corrected chi connectivity index (χ1v) is 11.0. The van der Waals surface area contributed by atoms with E-state index >= 15 is 0 Å². The Morgan fingerprint density at radius 2 is 1.82 bits per heavy atom. The van der Waals surface area contributed by atoms with E-state index in [0.717, 1.165) is 26.5 Å². The molecule has 0 aliphatic rings. The van der Waals surface area contributed by atoms with Crippen molar-refractivity contribution >= 4 is 40.3 Å². The Balaban J connectivity index is 1.51. The third-order valence-corrected chi connectivity index (χ3v) is 5.78. The van der Waals surface area contributed by atoms with E-state index < -0.39 is 6.03 Å². The zero-order chi connectivity index (χ0) is 23.4. The van der Waals surface area contributed by atoms with Gasteiger partial charge in [0.25, 0.3) is 0 Å². The molecule has 0 atom stereocenters. The number of methoxy groups -OCH3 is 2. The Morgan fingerprint density at radius 1 is 1.03 bits per heavy atom. The predicted molar refractivity (Wildman–Crippen MR) is 126 cm³/mol. The highest BCUT2D eigenvalue weighted by Gasteiger charge is 2.13. The summed E-state index contributed by atoms with van der Waals surface area (Å²) in [6, 6.07) is 12.4. The van der Waals surface area contributed by atoms with Gasteiger partial charge in [0.1, 0.15) is 11.4 Å². The Kier molecular flexibility index (Phi) is 6.64. The van der Waals surface area contributed by atoms with Crippen LogP contribution >= 0.6 is 11.8 Å². The summed E-state index contributed by atoms with van der Waals surface area (Å²) in [6.45, 7) is 4.00. The minimum Gasteiger partial charge on any atom is -0.493 e. The first kappa shape index (κ1) is 22.4. The summed E-state index contributed by atoms with van der Waals surface area (Å²) in [4.78, 5) is 22.0. The number of nitrogens with zero attached hydrogens (tertiary/aromatic N) is 3. The number of urea groups is 1. The van der Waals surface area contributed by atoms with Gasteiger partial charge in [0, 0.05) is 28.1 Å². The number of carbonyl (C=O) groups is 1. The minimum atomic E-state index is -0.423. The summed E-state index contributed by atoms with van der Waals surface area (Å²) in [6.07, 6.45) is 1.51. The SMILES string of the molecule is COc1cc2ncnc(Sc3cccc(NC(=O)Nc4cc(C(C)C)no4)c3)c2cc1OC. The van der Waals surface area contributed by atoms with Crippen molar-refractivity contribution in [3.63, 3.8) is 0 Å². The second kappa shape index (κ2) is 9.78. The molecule has 9 nitrogen and oxygen atoms in total. The van der Waals surface area contributed by atoms with E-state index in [0.29, 0.717) is 23.1 Å². The summed E-state index contributed by atoms with van der Waals surface area (Å²) in [5, 5.41) is 11.0. The zero-order valence-corrected chi connectivity index (χ0v) is 19.4. The van der Waals surface area contributed by atoms with Crippen LogP contribution in [-0.2, 0) is 0 Å². The number of benzene rings is 2. The van der Waals surface area contributed by atoms with Crippen molar-refractivity contribution in [1.29, 1.82) is 0 Å². The lowest BCUT2D eigenvalue weighted by Crippen LogP contribution is -2.19. The Bertz CT molecular complexity index is 1290. The topological polar surface area (TPSA) is 111 Å². The van der Waals surface area contributed by atoms with Gasteiger partial charge in [-0.3, -0.25) is 5.32 Å². The average molecular weight is 466 g/mol. The molecule has 33 heavy (non-hydrogen) atoms. The lowest BCUT2D eigenvalue weighted by Gasteiger charge is -2.11. The quantitative estimate of drug-likeness (QED) is 0.342. The molecule has 2 heterocycles. The van der Waals surface area contributed by atoms with Gasteiger partial charge in [-0.1, -0.05) is 36.8 Å². The maximum Gasteiger partial charge on any atom is 0.326 e. The monoisotopic (exact) mass is 465 g/mol. The number of anilines is 2. The molecular weight excluding hydrogens is 442 g/mol. The van der Waals surface area contributed by atoms with Crippen LogP contribution in [0.3, 0.4) is 0 Å². The number of fused-ring (bicyclic) bond motifs is 1. The molecule has 0 bridgehead atoms. The standard InChI is InChI=1S/C23H23N5O4S/c1-13(2)17-11-21(32-28-17)27-23(29)26-14-6-5-7-15(8-14)33-22-16-9-19(30-3)20(31-4)10-18(16)24-12-25-22/h5-13H,1-4H3,(H2,26,27,29). The fraction of sp³-hybridized carbons (Fsp3) is 0.217. The van der Waals surface area contributed by atoms with Crippen LogP contribution in [0, 0.1) is 0 Å². The van der Waals surface area contributed by atoms with E-state index in [1.54, 1.807) is 26.4 Å². The van der Waals surface area contributed by atoms with Gasteiger partial charge in [-0.15, -0.1) is 0 Å². The molecule has 0 fully saturated rings. The van der Waals surface area contributed by atoms with E-state index in [1.165, 1.54) is 18.1 Å². The van der Waals surface area contributed by atoms with Crippen molar-refractivity contribution < 1.29 is 18.8 Å². The average Bonchev–Trinajstić information content (AvgIpc) is 3.27. The molecule has 2 amide bonds. The van der Waals surface area contributed by atoms with E-state index in [1.807, 2.05) is 44.2 Å². The van der Waals surface area contributed by atoms with E-state index in [9.17, 15) is 4.79 Å². The van der Waals surface area contributed by atoms with Gasteiger partial charge in [-0.25, -0.2) is 14.8 Å². The molecule has 0 spiro atoms. The maximum atomic E-state index is 12.4. The summed E-state index contributed by atoms with van der Waals surface area (Å²) >= 11 is 1.45. The second-order valence-electron chi connectivity index (χ2n) is 7.38. The number of rotatable bonds is 7. The molecule has 2 aromatic carbocycles. The molecular formula is C23H23N5O4S. The Labute approximate surface area is 194 Å². The Hall–Kier alpha value is -3.79. The number of ether oxygens (including phenoxy) is 2. The fourth-order valence-electron chi connectivity index (χ4n) is 3.08. The van der Waals surface area contributed by atoms with Crippen LogP contribution in [0.25, 0.3) is 10.9 Å². The summed E-state index contributed by atoms with van der Waals surface area (Å²) in [7, 11) is 3.17. The van der Waals surface area contributed by atoms with Crippen LogP contribution in [0.5, 0.6) is 11.5 Å². The van der Waals surface area contributed by atoms with E-state index in [2.05, 4.69) is 25.8 Å². The normalized spacial score (nSPS) is 10.9. The van der Waals surface area contributed by atoms with Crippen LogP contribution in [0.4, 0.5) is 16.4 Å². The molecule has 2 aromatic heterocycles. The molecule has 170 valence electrons. The van der Waals surface area contributed by atoms with E-state index in [4.69, 9.17) is 14.0 Å². The highest BCUT2D eigenvalue weighted by atomic mass is 32.2. The van der Waals surface area contributed by atoms with Crippen molar-refractivity contribution in [3.8, 4) is 11.5 Å². The molecule has 0 saturated carbocycles. The van der Waals surface area contributed by atoms with Gasteiger partial charge in [0.2, 0.25) is 5.88 Å². The third-order valence-electron chi connectivity index (χ3n) is 4.77. The fourth-order valence-corrected chi connectivity index (χ4v) is 4.01.